The summed E-state index contributed by atoms with van der Waals surface area (Å²) in [5, 5.41) is 15.9. The predicted octanol–water partition coefficient (Wildman–Crippen LogP) is 3.15. The average Bonchev–Trinajstić information content (AvgIpc) is 3.29. The van der Waals surface area contributed by atoms with Crippen LogP contribution in [-0.4, -0.2) is 28.2 Å². The minimum atomic E-state index is -1.06. The van der Waals surface area contributed by atoms with Crippen LogP contribution < -0.4 is 10.1 Å². The molecule has 25 heavy (non-hydrogen) atoms. The van der Waals surface area contributed by atoms with Gasteiger partial charge in [-0.3, -0.25) is 4.79 Å². The van der Waals surface area contributed by atoms with Gasteiger partial charge in [0.1, 0.15) is 12.6 Å². The Morgan fingerprint density at radius 3 is 2.64 bits per heavy atom. The van der Waals surface area contributed by atoms with E-state index in [1.54, 1.807) is 18.2 Å². The molecule has 0 aliphatic heterocycles. The van der Waals surface area contributed by atoms with Gasteiger partial charge in [0.05, 0.1) is 10.0 Å². The van der Waals surface area contributed by atoms with E-state index in [4.69, 9.17) is 37.6 Å². The van der Waals surface area contributed by atoms with Crippen LogP contribution in [0.25, 0.3) is 0 Å². The molecule has 1 saturated carbocycles. The largest absolute Gasteiger partial charge is 0.482 e. The average molecular weight is 385 g/mol. The molecule has 1 aromatic carbocycles. The first kappa shape index (κ1) is 17.6. The number of hydrogen-bond donors (Lipinski definition) is 2. The number of ether oxygens (including phenoxy) is 1. The lowest BCUT2D eigenvalue weighted by Crippen LogP contribution is -2.42. The van der Waals surface area contributed by atoms with Crippen molar-refractivity contribution in [3.8, 4) is 5.75 Å². The number of halogens is 2. The number of aromatic nitrogens is 1. The Morgan fingerprint density at radius 2 is 2.04 bits per heavy atom. The number of nitrogens with zero attached hydrogens (tertiary/aromatic N) is 1. The SMILES string of the molecule is O=C(NC(C(=O)O)C1CC1)c1cc(COc2c(Cl)cccc2Cl)on1. The van der Waals surface area contributed by atoms with Crippen molar-refractivity contribution < 1.29 is 24.0 Å². The molecule has 2 aromatic rings. The molecule has 0 spiro atoms. The summed E-state index contributed by atoms with van der Waals surface area (Å²) in [7, 11) is 0. The van der Waals surface area contributed by atoms with Crippen LogP contribution >= 0.6 is 23.2 Å². The third kappa shape index (κ3) is 4.24. The van der Waals surface area contributed by atoms with E-state index in [1.165, 1.54) is 6.07 Å². The molecule has 2 N–H and O–H groups in total. The molecule has 1 atom stereocenters. The van der Waals surface area contributed by atoms with Gasteiger partial charge < -0.3 is 19.7 Å². The fourth-order valence-electron chi connectivity index (χ4n) is 2.28. The number of amides is 1. The number of carboxylic acid groups (broad SMARTS) is 1. The zero-order valence-electron chi connectivity index (χ0n) is 12.9. The summed E-state index contributed by atoms with van der Waals surface area (Å²) in [6.45, 7) is -0.0330. The van der Waals surface area contributed by atoms with Gasteiger partial charge in [0.15, 0.2) is 17.2 Å². The van der Waals surface area contributed by atoms with Gasteiger partial charge in [0.25, 0.3) is 5.91 Å². The predicted molar refractivity (Wildman–Crippen MR) is 88.9 cm³/mol. The summed E-state index contributed by atoms with van der Waals surface area (Å²) in [6, 6.07) is 5.42. The summed E-state index contributed by atoms with van der Waals surface area (Å²) in [4.78, 5) is 23.3. The molecule has 1 amide bonds. The number of carbonyl (C=O) groups excluding carboxylic acids is 1. The molecule has 1 heterocycles. The first-order valence-corrected chi connectivity index (χ1v) is 8.27. The van der Waals surface area contributed by atoms with Crippen molar-refractivity contribution in [3.63, 3.8) is 0 Å². The van der Waals surface area contributed by atoms with E-state index < -0.39 is 17.9 Å². The highest BCUT2D eigenvalue weighted by Crippen LogP contribution is 2.33. The van der Waals surface area contributed by atoms with Crippen molar-refractivity contribution in [2.24, 2.45) is 5.92 Å². The van der Waals surface area contributed by atoms with Crippen LogP contribution in [0.5, 0.6) is 5.75 Å². The molecular formula is C16H14Cl2N2O5. The van der Waals surface area contributed by atoms with Gasteiger partial charge in [-0.2, -0.15) is 0 Å². The Balaban J connectivity index is 1.62. The van der Waals surface area contributed by atoms with Crippen LogP contribution in [0.3, 0.4) is 0 Å². The van der Waals surface area contributed by atoms with Crippen LogP contribution in [0.4, 0.5) is 0 Å². The number of aliphatic carboxylic acids is 1. The third-order valence-corrected chi connectivity index (χ3v) is 4.31. The van der Waals surface area contributed by atoms with Gasteiger partial charge in [-0.05, 0) is 30.9 Å². The molecule has 0 radical (unpaired) electrons. The number of benzene rings is 1. The van der Waals surface area contributed by atoms with Crippen LogP contribution in [-0.2, 0) is 11.4 Å². The highest BCUT2D eigenvalue weighted by molar-refractivity contribution is 6.37. The summed E-state index contributed by atoms with van der Waals surface area (Å²) >= 11 is 12.0. The van der Waals surface area contributed by atoms with E-state index in [1.807, 2.05) is 0 Å². The summed E-state index contributed by atoms with van der Waals surface area (Å²) in [6.07, 6.45) is 1.57. The highest BCUT2D eigenvalue weighted by Gasteiger charge is 2.37. The zero-order valence-corrected chi connectivity index (χ0v) is 14.4. The Morgan fingerprint density at radius 1 is 1.36 bits per heavy atom. The number of nitrogens with one attached hydrogen (secondary N) is 1. The van der Waals surface area contributed by atoms with E-state index >= 15 is 0 Å². The third-order valence-electron chi connectivity index (χ3n) is 3.72. The van der Waals surface area contributed by atoms with Gasteiger partial charge >= 0.3 is 5.97 Å². The number of rotatable bonds is 7. The zero-order chi connectivity index (χ0) is 18.0. The molecular weight excluding hydrogens is 371 g/mol. The van der Waals surface area contributed by atoms with Crippen molar-refractivity contribution in [1.29, 1.82) is 0 Å². The first-order chi connectivity index (χ1) is 12.0. The van der Waals surface area contributed by atoms with E-state index in [2.05, 4.69) is 10.5 Å². The molecule has 0 saturated heterocycles. The summed E-state index contributed by atoms with van der Waals surface area (Å²) in [5.74, 6) is -1.12. The monoisotopic (exact) mass is 384 g/mol. The van der Waals surface area contributed by atoms with Crippen molar-refractivity contribution in [2.75, 3.05) is 0 Å². The molecule has 1 aliphatic rings. The number of hydrogen-bond acceptors (Lipinski definition) is 5. The molecule has 3 rings (SSSR count). The van der Waals surface area contributed by atoms with Gasteiger partial charge in [-0.15, -0.1) is 0 Å². The smallest absolute Gasteiger partial charge is 0.326 e. The number of carboxylic acids is 1. The van der Waals surface area contributed by atoms with Crippen molar-refractivity contribution >= 4 is 35.1 Å². The molecule has 1 fully saturated rings. The van der Waals surface area contributed by atoms with Crippen molar-refractivity contribution in [3.05, 3.63) is 45.8 Å². The second-order valence-electron chi connectivity index (χ2n) is 5.64. The lowest BCUT2D eigenvalue weighted by molar-refractivity contribution is -0.139. The number of carbonyl (C=O) groups is 2. The highest BCUT2D eigenvalue weighted by atomic mass is 35.5. The fraction of sp³-hybridized carbons (Fsp3) is 0.312. The van der Waals surface area contributed by atoms with Gasteiger partial charge in [0.2, 0.25) is 0 Å². The summed E-state index contributed by atoms with van der Waals surface area (Å²) in [5.41, 5.74) is -0.0178. The first-order valence-electron chi connectivity index (χ1n) is 7.52. The van der Waals surface area contributed by atoms with Crippen molar-refractivity contribution in [2.45, 2.75) is 25.5 Å². The Labute approximate surface area is 152 Å². The normalized spacial score (nSPS) is 14.8. The molecule has 9 heteroatoms. The van der Waals surface area contributed by atoms with Gasteiger partial charge in [-0.25, -0.2) is 4.79 Å². The maximum atomic E-state index is 12.1. The van der Waals surface area contributed by atoms with Crippen molar-refractivity contribution in [1.82, 2.24) is 10.5 Å². The van der Waals surface area contributed by atoms with Crippen LogP contribution in [0, 0.1) is 5.92 Å². The number of para-hydroxylation sites is 1. The molecule has 1 unspecified atom stereocenters. The van der Waals surface area contributed by atoms with Crippen LogP contribution in [0.1, 0.15) is 29.1 Å². The molecule has 7 nitrogen and oxygen atoms in total. The molecule has 1 aromatic heterocycles. The molecule has 1 aliphatic carbocycles. The Bertz CT molecular complexity index is 783. The topological polar surface area (TPSA) is 102 Å². The van der Waals surface area contributed by atoms with E-state index in [-0.39, 0.29) is 24.0 Å². The minimum Gasteiger partial charge on any atom is -0.482 e. The fourth-order valence-corrected chi connectivity index (χ4v) is 2.78. The van der Waals surface area contributed by atoms with E-state index in [0.29, 0.717) is 15.8 Å². The Hall–Kier alpha value is -2.25. The maximum absolute atomic E-state index is 12.1. The van der Waals surface area contributed by atoms with Crippen LogP contribution in [0.15, 0.2) is 28.8 Å². The lowest BCUT2D eigenvalue weighted by Gasteiger charge is -2.11. The van der Waals surface area contributed by atoms with E-state index in [0.717, 1.165) is 12.8 Å². The lowest BCUT2D eigenvalue weighted by atomic mass is 10.2. The second-order valence-corrected chi connectivity index (χ2v) is 6.46. The van der Waals surface area contributed by atoms with Gasteiger partial charge in [-0.1, -0.05) is 34.4 Å². The quantitative estimate of drug-likeness (QED) is 0.759. The minimum absolute atomic E-state index is 0.0178. The van der Waals surface area contributed by atoms with Crippen LogP contribution in [0.2, 0.25) is 10.0 Å². The van der Waals surface area contributed by atoms with Gasteiger partial charge in [0, 0.05) is 6.07 Å². The Kier molecular flexibility index (Phi) is 5.15. The standard InChI is InChI=1S/C16H14Cl2N2O5/c17-10-2-1-3-11(18)14(10)24-7-9-6-12(20-25-9)15(21)19-13(16(22)23)8-4-5-8/h1-3,6,8,13H,4-5,7H2,(H,19,21)(H,22,23). The molecule has 0 bridgehead atoms. The molecule has 132 valence electrons. The summed E-state index contributed by atoms with van der Waals surface area (Å²) < 4.78 is 10.5. The second kappa shape index (κ2) is 7.33. The van der Waals surface area contributed by atoms with E-state index in [9.17, 15) is 9.59 Å². The maximum Gasteiger partial charge on any atom is 0.326 e.